The lowest BCUT2D eigenvalue weighted by Gasteiger charge is -2.65. The summed E-state index contributed by atoms with van der Waals surface area (Å²) < 4.78 is 74.9. The lowest BCUT2D eigenvalue weighted by atomic mass is 9.39. The van der Waals surface area contributed by atoms with Crippen LogP contribution >= 0.6 is 0 Å². The zero-order valence-corrected chi connectivity index (χ0v) is 10.8. The van der Waals surface area contributed by atoms with Gasteiger partial charge in [-0.3, -0.25) is 0 Å². The molecule has 1 fully saturated rings. The molecule has 0 heterocycles. The second kappa shape index (κ2) is 4.04. The summed E-state index contributed by atoms with van der Waals surface area (Å²) in [5.41, 5.74) is -2.20. The van der Waals surface area contributed by atoms with Crippen LogP contribution in [0, 0.1) is 22.7 Å². The second-order valence-corrected chi connectivity index (χ2v) is 6.04. The highest BCUT2D eigenvalue weighted by molar-refractivity contribution is 5.10. The van der Waals surface area contributed by atoms with Crippen molar-refractivity contribution in [1.29, 1.82) is 0 Å². The Labute approximate surface area is 103 Å². The van der Waals surface area contributed by atoms with Gasteiger partial charge in [-0.05, 0) is 22.7 Å². The zero-order chi connectivity index (χ0) is 14.6. The highest BCUT2D eigenvalue weighted by atomic mass is 19.4. The molecule has 0 aromatic heterocycles. The van der Waals surface area contributed by atoms with Gasteiger partial charge in [0, 0.05) is 12.8 Å². The van der Waals surface area contributed by atoms with Crippen LogP contribution in [0.3, 0.4) is 0 Å². The zero-order valence-electron chi connectivity index (χ0n) is 10.8. The normalized spacial score (nSPS) is 41.7. The van der Waals surface area contributed by atoms with Crippen molar-refractivity contribution in [2.24, 2.45) is 22.7 Å². The molecule has 0 saturated heterocycles. The molecular weight excluding hydrogens is 258 g/mol. The second-order valence-electron chi connectivity index (χ2n) is 6.04. The molecule has 1 aliphatic carbocycles. The monoisotopic (exact) mass is 276 g/mol. The Kier molecular flexibility index (Phi) is 3.51. The summed E-state index contributed by atoms with van der Waals surface area (Å²) in [5.74, 6) is -1.22. The molecule has 0 bridgehead atoms. The quantitative estimate of drug-likeness (QED) is 0.609. The van der Waals surface area contributed by atoms with Crippen LogP contribution < -0.4 is 0 Å². The van der Waals surface area contributed by atoms with Crippen molar-refractivity contribution in [2.45, 2.75) is 52.9 Å². The molecule has 108 valence electrons. The average molecular weight is 276 g/mol. The predicted octanol–water partition coefficient (Wildman–Crippen LogP) is 5.19. The van der Waals surface area contributed by atoms with Crippen LogP contribution in [0.25, 0.3) is 0 Å². The number of hydrogen-bond donors (Lipinski definition) is 0. The molecule has 0 atom stereocenters. The first-order chi connectivity index (χ1) is 7.72. The fourth-order valence-electron chi connectivity index (χ4n) is 3.64. The summed E-state index contributed by atoms with van der Waals surface area (Å²) in [7, 11) is 0. The number of hydrogen-bond acceptors (Lipinski definition) is 0. The van der Waals surface area contributed by atoms with E-state index in [0.29, 0.717) is 0 Å². The Morgan fingerprint density at radius 3 is 1.11 bits per heavy atom. The third-order valence-corrected chi connectivity index (χ3v) is 5.12. The van der Waals surface area contributed by atoms with Gasteiger partial charge < -0.3 is 0 Å². The molecule has 0 amide bonds. The maximum atomic E-state index is 12.5. The fraction of sp³-hybridized carbons (Fsp3) is 1.00. The Morgan fingerprint density at radius 1 is 0.722 bits per heavy atom. The van der Waals surface area contributed by atoms with Crippen molar-refractivity contribution < 1.29 is 26.3 Å². The van der Waals surface area contributed by atoms with Gasteiger partial charge in [0.1, 0.15) is 0 Å². The largest absolute Gasteiger partial charge is 0.389 e. The molecule has 0 unspecified atom stereocenters. The van der Waals surface area contributed by atoms with Crippen LogP contribution in [0.15, 0.2) is 0 Å². The third-order valence-electron chi connectivity index (χ3n) is 5.12. The maximum absolute atomic E-state index is 12.5. The topological polar surface area (TPSA) is 0 Å². The van der Waals surface area contributed by atoms with Gasteiger partial charge in [-0.1, -0.05) is 27.7 Å². The molecule has 0 aromatic rings. The lowest BCUT2D eigenvalue weighted by molar-refractivity contribution is -0.269. The molecule has 0 N–H and O–H groups in total. The van der Waals surface area contributed by atoms with Crippen molar-refractivity contribution in [2.75, 3.05) is 0 Å². The van der Waals surface area contributed by atoms with E-state index in [-0.39, 0.29) is 0 Å². The van der Waals surface area contributed by atoms with E-state index in [9.17, 15) is 26.3 Å². The molecule has 1 aliphatic rings. The molecule has 0 aromatic carbocycles. The minimum absolute atomic E-state index is 0.608. The van der Waals surface area contributed by atoms with Gasteiger partial charge in [0.2, 0.25) is 0 Å². The Morgan fingerprint density at radius 2 is 0.944 bits per heavy atom. The van der Waals surface area contributed by atoms with Crippen molar-refractivity contribution >= 4 is 0 Å². The molecule has 0 aliphatic heterocycles. The van der Waals surface area contributed by atoms with Gasteiger partial charge in [0.05, 0.1) is 0 Å². The van der Waals surface area contributed by atoms with E-state index < -0.39 is 47.9 Å². The van der Waals surface area contributed by atoms with E-state index in [1.807, 2.05) is 0 Å². The standard InChI is InChI=1S/C12H18F6/c1-7-9(3,5-11(13,14)15)8(2)10(7,4)6-12(16,17)18/h7-8H,5-6H2,1-4H3. The lowest BCUT2D eigenvalue weighted by Crippen LogP contribution is -2.62. The van der Waals surface area contributed by atoms with E-state index in [1.54, 1.807) is 0 Å². The van der Waals surface area contributed by atoms with E-state index in [2.05, 4.69) is 0 Å². The molecule has 0 radical (unpaired) electrons. The van der Waals surface area contributed by atoms with Gasteiger partial charge in [0.15, 0.2) is 0 Å². The van der Waals surface area contributed by atoms with Crippen molar-refractivity contribution in [3.63, 3.8) is 0 Å². The van der Waals surface area contributed by atoms with E-state index >= 15 is 0 Å². The minimum Gasteiger partial charge on any atom is -0.171 e. The van der Waals surface area contributed by atoms with E-state index in [1.165, 1.54) is 27.7 Å². The van der Waals surface area contributed by atoms with Crippen molar-refractivity contribution in [3.8, 4) is 0 Å². The fourth-order valence-corrected chi connectivity index (χ4v) is 3.64. The van der Waals surface area contributed by atoms with Crippen molar-refractivity contribution in [1.82, 2.24) is 0 Å². The molecule has 1 rings (SSSR count). The summed E-state index contributed by atoms with van der Waals surface area (Å²) in [6.45, 7) is 5.87. The van der Waals surface area contributed by atoms with Gasteiger partial charge in [0.25, 0.3) is 0 Å². The van der Waals surface area contributed by atoms with Gasteiger partial charge in [-0.25, -0.2) is 0 Å². The number of rotatable bonds is 2. The smallest absolute Gasteiger partial charge is 0.171 e. The molecule has 0 nitrogen and oxygen atoms in total. The van der Waals surface area contributed by atoms with Gasteiger partial charge in [-0.15, -0.1) is 0 Å². The van der Waals surface area contributed by atoms with Crippen LogP contribution in [-0.2, 0) is 0 Å². The van der Waals surface area contributed by atoms with Crippen LogP contribution in [0.5, 0.6) is 0 Å². The van der Waals surface area contributed by atoms with Crippen molar-refractivity contribution in [3.05, 3.63) is 0 Å². The van der Waals surface area contributed by atoms with E-state index in [4.69, 9.17) is 0 Å². The first kappa shape index (κ1) is 15.6. The predicted molar refractivity (Wildman–Crippen MR) is 55.9 cm³/mol. The van der Waals surface area contributed by atoms with Crippen LogP contribution in [0.1, 0.15) is 40.5 Å². The Hall–Kier alpha value is -0.420. The number of alkyl halides is 6. The summed E-state index contributed by atoms with van der Waals surface area (Å²) in [6, 6.07) is 0. The minimum atomic E-state index is -4.34. The van der Waals surface area contributed by atoms with Crippen LogP contribution in [0.2, 0.25) is 0 Å². The highest BCUT2D eigenvalue weighted by Gasteiger charge is 2.66. The van der Waals surface area contributed by atoms with Gasteiger partial charge in [-0.2, -0.15) is 26.3 Å². The Balaban J connectivity index is 2.88. The summed E-state index contributed by atoms with van der Waals surface area (Å²) in [6.07, 6.45) is -10.7. The highest BCUT2D eigenvalue weighted by Crippen LogP contribution is 2.69. The maximum Gasteiger partial charge on any atom is 0.389 e. The SMILES string of the molecule is CC1C(C)(CC(F)(F)F)C(C)C1(C)CC(F)(F)F. The van der Waals surface area contributed by atoms with Crippen LogP contribution in [-0.4, -0.2) is 12.4 Å². The molecule has 18 heavy (non-hydrogen) atoms. The third kappa shape index (κ3) is 2.62. The number of halogens is 6. The van der Waals surface area contributed by atoms with E-state index in [0.717, 1.165) is 0 Å². The van der Waals surface area contributed by atoms with Crippen LogP contribution in [0.4, 0.5) is 26.3 Å². The first-order valence-corrected chi connectivity index (χ1v) is 5.86. The summed E-state index contributed by atoms with van der Waals surface area (Å²) in [5, 5.41) is 0. The molecule has 1 saturated carbocycles. The average Bonchev–Trinajstić information content (AvgIpc) is 2.09. The molecular formula is C12H18F6. The molecule has 0 spiro atoms. The molecule has 6 heteroatoms. The Bertz CT molecular complexity index is 274. The summed E-state index contributed by atoms with van der Waals surface area (Å²) >= 11 is 0. The van der Waals surface area contributed by atoms with Gasteiger partial charge >= 0.3 is 12.4 Å². The summed E-state index contributed by atoms with van der Waals surface area (Å²) in [4.78, 5) is 0. The first-order valence-electron chi connectivity index (χ1n) is 5.86.